The molecule has 0 radical (unpaired) electrons. The molecular weight excluding hydrogens is 272 g/mol. The maximum atomic E-state index is 12.0. The fourth-order valence-corrected chi connectivity index (χ4v) is 1.86. The molecule has 2 rings (SSSR count). The van der Waals surface area contributed by atoms with Crippen LogP contribution in [0.2, 0.25) is 0 Å². The van der Waals surface area contributed by atoms with Crippen LogP contribution in [0.5, 0.6) is 5.75 Å². The predicted molar refractivity (Wildman–Crippen MR) is 78.4 cm³/mol. The molecule has 0 aliphatic carbocycles. The van der Waals surface area contributed by atoms with E-state index in [1.54, 1.807) is 30.3 Å². The number of amides is 1. The van der Waals surface area contributed by atoms with Crippen LogP contribution in [-0.2, 0) is 11.2 Å². The first-order chi connectivity index (χ1) is 10.1. The number of nitrogens with zero attached hydrogens (tertiary/aromatic N) is 1. The molecule has 6 nitrogen and oxygen atoms in total. The van der Waals surface area contributed by atoms with Crippen molar-refractivity contribution in [3.05, 3.63) is 64.2 Å². The number of hydrogen-bond acceptors (Lipinski definition) is 4. The minimum Gasteiger partial charge on any atom is -0.495 e. The number of rotatable bonds is 5. The lowest BCUT2D eigenvalue weighted by Gasteiger charge is -2.09. The zero-order chi connectivity index (χ0) is 15.2. The molecule has 6 heteroatoms. The molecule has 0 saturated carbocycles. The molecule has 108 valence electrons. The van der Waals surface area contributed by atoms with Crippen LogP contribution in [0.1, 0.15) is 5.56 Å². The van der Waals surface area contributed by atoms with Crippen molar-refractivity contribution in [1.29, 1.82) is 0 Å². The third kappa shape index (κ3) is 3.79. The summed E-state index contributed by atoms with van der Waals surface area (Å²) >= 11 is 0. The molecule has 0 bridgehead atoms. The van der Waals surface area contributed by atoms with Crippen LogP contribution in [0.4, 0.5) is 11.4 Å². The van der Waals surface area contributed by atoms with Gasteiger partial charge in [-0.2, -0.15) is 0 Å². The number of anilines is 1. The third-order valence-corrected chi connectivity index (χ3v) is 2.89. The molecule has 2 aromatic carbocycles. The monoisotopic (exact) mass is 286 g/mol. The quantitative estimate of drug-likeness (QED) is 0.677. The fraction of sp³-hybridized carbons (Fsp3) is 0.133. The van der Waals surface area contributed by atoms with Crippen LogP contribution in [0.25, 0.3) is 0 Å². The lowest BCUT2D eigenvalue weighted by molar-refractivity contribution is -0.384. The first-order valence-corrected chi connectivity index (χ1v) is 6.26. The van der Waals surface area contributed by atoms with Gasteiger partial charge in [0.05, 0.1) is 24.1 Å². The van der Waals surface area contributed by atoms with Crippen molar-refractivity contribution in [2.75, 3.05) is 12.4 Å². The molecule has 0 aliphatic rings. The number of methoxy groups -OCH3 is 1. The third-order valence-electron chi connectivity index (χ3n) is 2.89. The average molecular weight is 286 g/mol. The number of ether oxygens (including phenoxy) is 1. The van der Waals surface area contributed by atoms with Gasteiger partial charge in [-0.1, -0.05) is 24.3 Å². The van der Waals surface area contributed by atoms with Crippen molar-refractivity contribution >= 4 is 17.3 Å². The molecule has 0 aliphatic heterocycles. The molecule has 0 atom stereocenters. The van der Waals surface area contributed by atoms with Crippen molar-refractivity contribution in [2.45, 2.75) is 6.42 Å². The van der Waals surface area contributed by atoms with E-state index in [0.29, 0.717) is 17.0 Å². The smallest absolute Gasteiger partial charge is 0.269 e. The topological polar surface area (TPSA) is 81.5 Å². The van der Waals surface area contributed by atoms with Gasteiger partial charge in [-0.05, 0) is 17.7 Å². The van der Waals surface area contributed by atoms with Crippen LogP contribution in [0, 0.1) is 10.1 Å². The molecule has 21 heavy (non-hydrogen) atoms. The summed E-state index contributed by atoms with van der Waals surface area (Å²) < 4.78 is 5.15. The van der Waals surface area contributed by atoms with Crippen LogP contribution >= 0.6 is 0 Å². The van der Waals surface area contributed by atoms with Gasteiger partial charge in [0.15, 0.2) is 0 Å². The van der Waals surface area contributed by atoms with Crippen molar-refractivity contribution in [3.8, 4) is 5.75 Å². The van der Waals surface area contributed by atoms with Crippen molar-refractivity contribution in [1.82, 2.24) is 0 Å². The number of carbonyl (C=O) groups is 1. The van der Waals surface area contributed by atoms with Gasteiger partial charge in [-0.25, -0.2) is 0 Å². The van der Waals surface area contributed by atoms with E-state index < -0.39 is 4.92 Å². The number of nitrogens with one attached hydrogen (secondary N) is 1. The van der Waals surface area contributed by atoms with Crippen LogP contribution in [0.15, 0.2) is 48.5 Å². The number of para-hydroxylation sites is 2. The highest BCUT2D eigenvalue weighted by Gasteiger charge is 2.09. The van der Waals surface area contributed by atoms with E-state index in [4.69, 9.17) is 4.74 Å². The standard InChI is InChI=1S/C15H14N2O4/c1-21-14-5-3-2-4-13(14)16-15(18)10-11-6-8-12(9-7-11)17(19)20/h2-9H,10H2,1H3,(H,16,18). The zero-order valence-corrected chi connectivity index (χ0v) is 11.4. The number of non-ortho nitro benzene ring substituents is 1. The second-order valence-corrected chi connectivity index (χ2v) is 4.35. The van der Waals surface area contributed by atoms with Gasteiger partial charge in [0.25, 0.3) is 5.69 Å². The highest BCUT2D eigenvalue weighted by molar-refractivity contribution is 5.93. The maximum Gasteiger partial charge on any atom is 0.269 e. The number of hydrogen-bond donors (Lipinski definition) is 1. The summed E-state index contributed by atoms with van der Waals surface area (Å²) in [5.74, 6) is 0.364. The Balaban J connectivity index is 2.03. The summed E-state index contributed by atoms with van der Waals surface area (Å²) in [6.45, 7) is 0. The Morgan fingerprint density at radius 1 is 1.19 bits per heavy atom. The maximum absolute atomic E-state index is 12.0. The van der Waals surface area contributed by atoms with Crippen LogP contribution in [0.3, 0.4) is 0 Å². The van der Waals surface area contributed by atoms with Crippen LogP contribution < -0.4 is 10.1 Å². The SMILES string of the molecule is COc1ccccc1NC(=O)Cc1ccc([N+](=O)[O-])cc1. The summed E-state index contributed by atoms with van der Waals surface area (Å²) in [6, 6.07) is 13.0. The van der Waals surface area contributed by atoms with E-state index in [0.717, 1.165) is 0 Å². The number of nitro groups is 1. The van der Waals surface area contributed by atoms with Gasteiger partial charge in [-0.15, -0.1) is 0 Å². The Hall–Kier alpha value is -2.89. The highest BCUT2D eigenvalue weighted by atomic mass is 16.6. The lowest BCUT2D eigenvalue weighted by Crippen LogP contribution is -2.14. The number of nitro benzene ring substituents is 1. The second kappa shape index (κ2) is 6.51. The van der Waals surface area contributed by atoms with Crippen molar-refractivity contribution in [2.24, 2.45) is 0 Å². The fourth-order valence-electron chi connectivity index (χ4n) is 1.86. The van der Waals surface area contributed by atoms with E-state index in [2.05, 4.69) is 5.32 Å². The molecule has 0 aromatic heterocycles. The van der Waals surface area contributed by atoms with Gasteiger partial charge in [0.2, 0.25) is 5.91 Å². The number of benzene rings is 2. The largest absolute Gasteiger partial charge is 0.495 e. The Bertz CT molecular complexity index is 653. The van der Waals surface area contributed by atoms with E-state index in [1.165, 1.54) is 19.2 Å². The second-order valence-electron chi connectivity index (χ2n) is 4.35. The van der Waals surface area contributed by atoms with Crippen LogP contribution in [-0.4, -0.2) is 17.9 Å². The molecule has 0 spiro atoms. The average Bonchev–Trinajstić information content (AvgIpc) is 2.48. The minimum absolute atomic E-state index is 0.00360. The van der Waals surface area contributed by atoms with Gasteiger partial charge < -0.3 is 10.1 Å². The highest BCUT2D eigenvalue weighted by Crippen LogP contribution is 2.23. The van der Waals surface area contributed by atoms with Crippen molar-refractivity contribution in [3.63, 3.8) is 0 Å². The van der Waals surface area contributed by atoms with Gasteiger partial charge in [0, 0.05) is 12.1 Å². The summed E-state index contributed by atoms with van der Waals surface area (Å²) in [5, 5.41) is 13.3. The summed E-state index contributed by atoms with van der Waals surface area (Å²) in [5.41, 5.74) is 1.30. The Morgan fingerprint density at radius 3 is 2.48 bits per heavy atom. The summed E-state index contributed by atoms with van der Waals surface area (Å²) in [7, 11) is 1.53. The zero-order valence-electron chi connectivity index (χ0n) is 11.4. The lowest BCUT2D eigenvalue weighted by atomic mass is 10.1. The molecule has 1 amide bonds. The number of carbonyl (C=O) groups excluding carboxylic acids is 1. The van der Waals surface area contributed by atoms with E-state index in [-0.39, 0.29) is 18.0 Å². The molecule has 1 N–H and O–H groups in total. The van der Waals surface area contributed by atoms with E-state index >= 15 is 0 Å². The Kier molecular flexibility index (Phi) is 4.50. The molecule has 0 fully saturated rings. The van der Waals surface area contributed by atoms with E-state index in [9.17, 15) is 14.9 Å². The molecule has 0 unspecified atom stereocenters. The Labute approximate surface area is 121 Å². The summed E-state index contributed by atoms with van der Waals surface area (Å²) in [6.07, 6.45) is 0.135. The van der Waals surface area contributed by atoms with E-state index in [1.807, 2.05) is 6.07 Å². The molecule has 0 heterocycles. The first kappa shape index (κ1) is 14.5. The molecule has 2 aromatic rings. The summed E-state index contributed by atoms with van der Waals surface area (Å²) in [4.78, 5) is 22.1. The van der Waals surface area contributed by atoms with Crippen molar-refractivity contribution < 1.29 is 14.5 Å². The normalized spacial score (nSPS) is 9.95. The minimum atomic E-state index is -0.474. The van der Waals surface area contributed by atoms with Gasteiger partial charge in [-0.3, -0.25) is 14.9 Å². The molecular formula is C15H14N2O4. The Morgan fingerprint density at radius 2 is 1.86 bits per heavy atom. The molecule has 0 saturated heterocycles. The first-order valence-electron chi connectivity index (χ1n) is 6.26. The van der Waals surface area contributed by atoms with Gasteiger partial charge >= 0.3 is 0 Å². The predicted octanol–water partition coefficient (Wildman–Crippen LogP) is 2.78. The van der Waals surface area contributed by atoms with Gasteiger partial charge in [0.1, 0.15) is 5.75 Å².